The van der Waals surface area contributed by atoms with Crippen LogP contribution in [0, 0.1) is 19.8 Å². The lowest BCUT2D eigenvalue weighted by Gasteiger charge is -2.47. The highest BCUT2D eigenvalue weighted by molar-refractivity contribution is 7.89. The van der Waals surface area contributed by atoms with E-state index in [2.05, 4.69) is 0 Å². The van der Waals surface area contributed by atoms with Crippen molar-refractivity contribution in [3.8, 4) is 0 Å². The van der Waals surface area contributed by atoms with Gasteiger partial charge in [-0.2, -0.15) is 4.31 Å². The van der Waals surface area contributed by atoms with E-state index in [-0.39, 0.29) is 41.0 Å². The molecule has 0 aliphatic carbocycles. The monoisotopic (exact) mass is 317 g/mol. The molecule has 2 N–H and O–H groups in total. The number of sulfonamides is 1. The summed E-state index contributed by atoms with van der Waals surface area (Å²) in [5, 5.41) is 19.4. The number of β-amino-alcohol motifs (C(OH)–C–C–N with tert-alkyl or cyclic N) is 1. The number of carboxylic acid groups (broad SMARTS) is 1. The van der Waals surface area contributed by atoms with Crippen LogP contribution in [0.2, 0.25) is 0 Å². The van der Waals surface area contributed by atoms with E-state index in [1.54, 1.807) is 13.8 Å². The Kier molecular flexibility index (Phi) is 3.67. The average molecular weight is 317 g/mol. The molecule has 21 heavy (non-hydrogen) atoms. The summed E-state index contributed by atoms with van der Waals surface area (Å²) in [7, 11) is -3.99. The maximum Gasteiger partial charge on any atom is 0.340 e. The van der Waals surface area contributed by atoms with Crippen molar-refractivity contribution in [3.63, 3.8) is 0 Å². The summed E-state index contributed by atoms with van der Waals surface area (Å²) in [4.78, 5) is 11.0. The van der Waals surface area contributed by atoms with Crippen molar-refractivity contribution < 1.29 is 27.8 Å². The smallest absolute Gasteiger partial charge is 0.340 e. The van der Waals surface area contributed by atoms with Crippen molar-refractivity contribution >= 4 is 16.0 Å². The number of hydrogen-bond acceptors (Lipinski definition) is 5. The molecule has 0 aromatic carbocycles. The molecule has 1 fully saturated rings. The standard InChI is InChI=1S/C13H19NO6S/c1-7(2)13(17)5-14(6-13)21(18,19)11-9(4)20-8(3)10(11)12(15)16/h7,17H,5-6H2,1-4H3,(H,15,16). The third-order valence-corrected chi connectivity index (χ3v) is 5.94. The molecule has 0 spiro atoms. The molecule has 8 heteroatoms. The number of aliphatic hydroxyl groups is 1. The molecule has 1 aliphatic rings. The lowest BCUT2D eigenvalue weighted by atomic mass is 9.85. The van der Waals surface area contributed by atoms with Crippen LogP contribution < -0.4 is 0 Å². The zero-order valence-corrected chi connectivity index (χ0v) is 13.2. The molecular formula is C13H19NO6S. The minimum Gasteiger partial charge on any atom is -0.478 e. The summed E-state index contributed by atoms with van der Waals surface area (Å²) in [5.41, 5.74) is -1.41. The van der Waals surface area contributed by atoms with Gasteiger partial charge in [0.25, 0.3) is 0 Å². The summed E-state index contributed by atoms with van der Waals surface area (Å²) in [6.45, 7) is 6.35. The second-order valence-corrected chi connectivity index (χ2v) is 7.63. The Labute approximate surface area is 123 Å². The number of aryl methyl sites for hydroxylation is 2. The molecule has 0 radical (unpaired) electrons. The van der Waals surface area contributed by atoms with Crippen LogP contribution in [0.1, 0.15) is 35.7 Å². The van der Waals surface area contributed by atoms with Crippen LogP contribution in [0.15, 0.2) is 9.31 Å². The highest BCUT2D eigenvalue weighted by Crippen LogP contribution is 2.36. The van der Waals surface area contributed by atoms with Gasteiger partial charge in [-0.1, -0.05) is 13.8 Å². The molecule has 0 bridgehead atoms. The van der Waals surface area contributed by atoms with Crippen LogP contribution in [-0.2, 0) is 10.0 Å². The van der Waals surface area contributed by atoms with Crippen LogP contribution >= 0.6 is 0 Å². The Balaban J connectivity index is 2.42. The Morgan fingerprint density at radius 1 is 1.29 bits per heavy atom. The van der Waals surface area contributed by atoms with Gasteiger partial charge in [-0.25, -0.2) is 13.2 Å². The van der Waals surface area contributed by atoms with E-state index in [9.17, 15) is 23.4 Å². The van der Waals surface area contributed by atoms with E-state index in [0.717, 1.165) is 4.31 Å². The molecule has 0 atom stereocenters. The van der Waals surface area contributed by atoms with Gasteiger partial charge in [-0.15, -0.1) is 0 Å². The van der Waals surface area contributed by atoms with E-state index < -0.39 is 21.6 Å². The number of aromatic carboxylic acids is 1. The molecule has 1 aromatic heterocycles. The van der Waals surface area contributed by atoms with Crippen molar-refractivity contribution in [2.24, 2.45) is 5.92 Å². The number of hydrogen-bond donors (Lipinski definition) is 2. The first kappa shape index (κ1) is 16.0. The molecule has 0 unspecified atom stereocenters. The third-order valence-electron chi connectivity index (χ3n) is 3.99. The van der Waals surface area contributed by atoms with Crippen LogP contribution in [0.4, 0.5) is 0 Å². The molecule has 0 amide bonds. The van der Waals surface area contributed by atoms with Gasteiger partial charge in [0.15, 0.2) is 0 Å². The Bertz CT molecular complexity index is 682. The van der Waals surface area contributed by atoms with E-state index in [0.29, 0.717) is 0 Å². The molecule has 1 aromatic rings. The summed E-state index contributed by atoms with van der Waals surface area (Å²) in [5.74, 6) is -1.33. The van der Waals surface area contributed by atoms with E-state index in [4.69, 9.17) is 4.42 Å². The number of carbonyl (C=O) groups is 1. The van der Waals surface area contributed by atoms with Gasteiger partial charge in [-0.05, 0) is 19.8 Å². The van der Waals surface area contributed by atoms with Crippen LogP contribution in [-0.4, -0.2) is 47.6 Å². The predicted octanol–water partition coefficient (Wildman–Crippen LogP) is 0.986. The first-order valence-electron chi connectivity index (χ1n) is 6.56. The van der Waals surface area contributed by atoms with Gasteiger partial charge in [0, 0.05) is 13.1 Å². The van der Waals surface area contributed by atoms with Crippen LogP contribution in [0.25, 0.3) is 0 Å². The molecule has 1 saturated heterocycles. The zero-order valence-electron chi connectivity index (χ0n) is 12.4. The fourth-order valence-corrected chi connectivity index (χ4v) is 4.39. The fraction of sp³-hybridized carbons (Fsp3) is 0.615. The van der Waals surface area contributed by atoms with Gasteiger partial charge in [0.2, 0.25) is 10.0 Å². The zero-order chi connectivity index (χ0) is 16.2. The van der Waals surface area contributed by atoms with Gasteiger partial charge in [0.05, 0.1) is 5.60 Å². The Morgan fingerprint density at radius 3 is 2.24 bits per heavy atom. The number of furan rings is 1. The number of carboxylic acids is 1. The highest BCUT2D eigenvalue weighted by Gasteiger charge is 2.50. The van der Waals surface area contributed by atoms with Crippen molar-refractivity contribution in [3.05, 3.63) is 17.1 Å². The molecule has 118 valence electrons. The Hall–Kier alpha value is -1.38. The second-order valence-electron chi connectivity index (χ2n) is 5.76. The maximum atomic E-state index is 12.6. The van der Waals surface area contributed by atoms with E-state index >= 15 is 0 Å². The highest BCUT2D eigenvalue weighted by atomic mass is 32.2. The predicted molar refractivity (Wildman–Crippen MR) is 73.7 cm³/mol. The van der Waals surface area contributed by atoms with E-state index in [1.165, 1.54) is 13.8 Å². The molecule has 1 aliphatic heterocycles. The van der Waals surface area contributed by atoms with Gasteiger partial charge >= 0.3 is 5.97 Å². The van der Waals surface area contributed by atoms with Crippen molar-refractivity contribution in [2.75, 3.05) is 13.1 Å². The quantitative estimate of drug-likeness (QED) is 0.857. The minimum absolute atomic E-state index is 0.0459. The molecule has 2 heterocycles. The third kappa shape index (κ3) is 2.37. The molecule has 0 saturated carbocycles. The normalized spacial score (nSPS) is 18.8. The van der Waals surface area contributed by atoms with E-state index in [1.807, 2.05) is 0 Å². The molecule has 2 rings (SSSR count). The van der Waals surface area contributed by atoms with Gasteiger partial charge < -0.3 is 14.6 Å². The Morgan fingerprint density at radius 2 is 1.81 bits per heavy atom. The first-order valence-corrected chi connectivity index (χ1v) is 8.00. The lowest BCUT2D eigenvalue weighted by Crippen LogP contribution is -2.65. The molecular weight excluding hydrogens is 298 g/mol. The topological polar surface area (TPSA) is 108 Å². The summed E-state index contributed by atoms with van der Waals surface area (Å²) in [6.07, 6.45) is 0. The van der Waals surface area contributed by atoms with Crippen molar-refractivity contribution in [2.45, 2.75) is 38.2 Å². The summed E-state index contributed by atoms with van der Waals surface area (Å²) in [6, 6.07) is 0. The summed E-state index contributed by atoms with van der Waals surface area (Å²) < 4.78 is 31.4. The maximum absolute atomic E-state index is 12.6. The van der Waals surface area contributed by atoms with Crippen molar-refractivity contribution in [1.82, 2.24) is 4.31 Å². The van der Waals surface area contributed by atoms with Crippen LogP contribution in [0.5, 0.6) is 0 Å². The number of rotatable bonds is 4. The van der Waals surface area contributed by atoms with Crippen LogP contribution in [0.3, 0.4) is 0 Å². The first-order chi connectivity index (χ1) is 9.50. The fourth-order valence-electron chi connectivity index (χ4n) is 2.45. The second kappa shape index (κ2) is 4.82. The molecule has 7 nitrogen and oxygen atoms in total. The van der Waals surface area contributed by atoms with Crippen molar-refractivity contribution in [1.29, 1.82) is 0 Å². The average Bonchev–Trinajstić information content (AvgIpc) is 2.60. The SMILES string of the molecule is Cc1oc(C)c(S(=O)(=O)N2CC(O)(C(C)C)C2)c1C(=O)O. The van der Waals surface area contributed by atoms with Gasteiger partial charge in [-0.3, -0.25) is 0 Å². The largest absolute Gasteiger partial charge is 0.478 e. The lowest BCUT2D eigenvalue weighted by molar-refractivity contribution is -0.0932. The summed E-state index contributed by atoms with van der Waals surface area (Å²) >= 11 is 0. The number of nitrogens with zero attached hydrogens (tertiary/aromatic N) is 1. The van der Waals surface area contributed by atoms with Gasteiger partial charge in [0.1, 0.15) is 22.0 Å². The minimum atomic E-state index is -3.99.